The van der Waals surface area contributed by atoms with Gasteiger partial charge in [0.2, 0.25) is 0 Å². The summed E-state index contributed by atoms with van der Waals surface area (Å²) >= 11 is 0. The molecule has 0 bridgehead atoms. The van der Waals surface area contributed by atoms with E-state index >= 15 is 0 Å². The van der Waals surface area contributed by atoms with Crippen LogP contribution in [0.3, 0.4) is 0 Å². The van der Waals surface area contributed by atoms with Crippen molar-refractivity contribution >= 4 is 5.97 Å². The molecule has 116 valence electrons. The molecule has 0 aromatic heterocycles. The number of rotatable bonds is 7. The SMILES string of the molecule is O=C(OCC(O)COCC1CCCCC1)c1ccccc1. The molecule has 1 unspecified atom stereocenters. The number of aliphatic hydroxyl groups excluding tert-OH is 1. The second-order valence-corrected chi connectivity index (χ2v) is 5.66. The molecule has 4 heteroatoms. The normalized spacial score (nSPS) is 17.4. The fraction of sp³-hybridized carbons (Fsp3) is 0.588. The average Bonchev–Trinajstić information content (AvgIpc) is 2.54. The molecule has 2 rings (SSSR count). The number of aliphatic hydroxyl groups is 1. The zero-order valence-electron chi connectivity index (χ0n) is 12.4. The van der Waals surface area contributed by atoms with Gasteiger partial charge in [0.1, 0.15) is 12.7 Å². The third-order valence-corrected chi connectivity index (χ3v) is 3.80. The summed E-state index contributed by atoms with van der Waals surface area (Å²) in [6, 6.07) is 8.77. The Morgan fingerprint density at radius 3 is 2.57 bits per heavy atom. The summed E-state index contributed by atoms with van der Waals surface area (Å²) in [5, 5.41) is 9.77. The van der Waals surface area contributed by atoms with Crippen LogP contribution in [0.25, 0.3) is 0 Å². The van der Waals surface area contributed by atoms with E-state index in [4.69, 9.17) is 9.47 Å². The van der Waals surface area contributed by atoms with Gasteiger partial charge in [0.05, 0.1) is 12.2 Å². The van der Waals surface area contributed by atoms with Crippen LogP contribution in [0, 0.1) is 5.92 Å². The van der Waals surface area contributed by atoms with Crippen LogP contribution in [0.1, 0.15) is 42.5 Å². The highest BCUT2D eigenvalue weighted by Gasteiger charge is 2.15. The number of esters is 1. The molecule has 1 atom stereocenters. The van der Waals surface area contributed by atoms with Crippen LogP contribution in [0.15, 0.2) is 30.3 Å². The molecule has 4 nitrogen and oxygen atoms in total. The Hall–Kier alpha value is -1.39. The Bertz CT molecular complexity index is 412. The molecular weight excluding hydrogens is 268 g/mol. The van der Waals surface area contributed by atoms with Gasteiger partial charge in [-0.3, -0.25) is 0 Å². The molecule has 0 spiro atoms. The Labute approximate surface area is 126 Å². The fourth-order valence-electron chi connectivity index (χ4n) is 2.60. The molecule has 1 aromatic carbocycles. The zero-order chi connectivity index (χ0) is 14.9. The lowest BCUT2D eigenvalue weighted by molar-refractivity contribution is -0.0203. The summed E-state index contributed by atoms with van der Waals surface area (Å²) in [4.78, 5) is 11.7. The van der Waals surface area contributed by atoms with Crippen LogP contribution < -0.4 is 0 Å². The highest BCUT2D eigenvalue weighted by molar-refractivity contribution is 5.89. The molecule has 0 heterocycles. The molecule has 1 fully saturated rings. The first-order valence-electron chi connectivity index (χ1n) is 7.73. The lowest BCUT2D eigenvalue weighted by atomic mass is 9.90. The molecule has 0 saturated heterocycles. The van der Waals surface area contributed by atoms with Crippen molar-refractivity contribution in [1.82, 2.24) is 0 Å². The molecular formula is C17H24O4. The van der Waals surface area contributed by atoms with Crippen molar-refractivity contribution in [2.24, 2.45) is 5.92 Å². The molecule has 0 radical (unpaired) electrons. The molecule has 1 N–H and O–H groups in total. The van der Waals surface area contributed by atoms with E-state index < -0.39 is 12.1 Å². The average molecular weight is 292 g/mol. The Balaban J connectivity index is 1.59. The van der Waals surface area contributed by atoms with Crippen molar-refractivity contribution in [2.45, 2.75) is 38.2 Å². The van der Waals surface area contributed by atoms with Gasteiger partial charge in [0.25, 0.3) is 0 Å². The monoisotopic (exact) mass is 292 g/mol. The number of carbonyl (C=O) groups is 1. The van der Waals surface area contributed by atoms with Crippen molar-refractivity contribution in [2.75, 3.05) is 19.8 Å². The van der Waals surface area contributed by atoms with Crippen LogP contribution in [0.2, 0.25) is 0 Å². The summed E-state index contributed by atoms with van der Waals surface area (Å²) in [6.45, 7) is 0.890. The van der Waals surface area contributed by atoms with Crippen LogP contribution >= 0.6 is 0 Å². The Morgan fingerprint density at radius 2 is 1.86 bits per heavy atom. The minimum Gasteiger partial charge on any atom is -0.459 e. The summed E-state index contributed by atoms with van der Waals surface area (Å²) in [7, 11) is 0. The van der Waals surface area contributed by atoms with Crippen molar-refractivity contribution < 1.29 is 19.4 Å². The highest BCUT2D eigenvalue weighted by Crippen LogP contribution is 2.23. The van der Waals surface area contributed by atoms with E-state index in [0.29, 0.717) is 18.1 Å². The van der Waals surface area contributed by atoms with Crippen molar-refractivity contribution in [3.8, 4) is 0 Å². The van der Waals surface area contributed by atoms with E-state index in [0.717, 1.165) is 0 Å². The summed E-state index contributed by atoms with van der Waals surface area (Å²) in [5.74, 6) is 0.208. The standard InChI is InChI=1S/C17H24O4/c18-16(12-20-11-14-7-3-1-4-8-14)13-21-17(19)15-9-5-2-6-10-15/h2,5-6,9-10,14,16,18H,1,3-4,7-8,11-13H2. The van der Waals surface area contributed by atoms with E-state index in [9.17, 15) is 9.90 Å². The van der Waals surface area contributed by atoms with E-state index in [2.05, 4.69) is 0 Å². The van der Waals surface area contributed by atoms with Crippen molar-refractivity contribution in [3.05, 3.63) is 35.9 Å². The molecule has 1 aromatic rings. The van der Waals surface area contributed by atoms with Gasteiger partial charge in [-0.2, -0.15) is 0 Å². The van der Waals surface area contributed by atoms with Gasteiger partial charge in [-0.15, -0.1) is 0 Å². The van der Waals surface area contributed by atoms with Gasteiger partial charge >= 0.3 is 5.97 Å². The highest BCUT2D eigenvalue weighted by atomic mass is 16.5. The van der Waals surface area contributed by atoms with Gasteiger partial charge in [0.15, 0.2) is 0 Å². The predicted molar refractivity (Wildman–Crippen MR) is 80.1 cm³/mol. The van der Waals surface area contributed by atoms with Crippen LogP contribution in [-0.2, 0) is 9.47 Å². The van der Waals surface area contributed by atoms with Crippen molar-refractivity contribution in [3.63, 3.8) is 0 Å². The first-order valence-corrected chi connectivity index (χ1v) is 7.73. The largest absolute Gasteiger partial charge is 0.459 e. The maximum Gasteiger partial charge on any atom is 0.338 e. The maximum atomic E-state index is 11.7. The summed E-state index contributed by atoms with van der Waals surface area (Å²) in [6.07, 6.45) is 5.57. The molecule has 1 aliphatic carbocycles. The third-order valence-electron chi connectivity index (χ3n) is 3.80. The second-order valence-electron chi connectivity index (χ2n) is 5.66. The quantitative estimate of drug-likeness (QED) is 0.785. The van der Waals surface area contributed by atoms with Gasteiger partial charge in [-0.1, -0.05) is 37.5 Å². The topological polar surface area (TPSA) is 55.8 Å². The van der Waals surface area contributed by atoms with Crippen molar-refractivity contribution in [1.29, 1.82) is 0 Å². The van der Waals surface area contributed by atoms with Crippen LogP contribution in [0.4, 0.5) is 0 Å². The summed E-state index contributed by atoms with van der Waals surface area (Å²) < 4.78 is 10.6. The third kappa shape index (κ3) is 5.86. The number of ether oxygens (including phenoxy) is 2. The molecule has 1 saturated carbocycles. The van der Waals surface area contributed by atoms with E-state index in [-0.39, 0.29) is 13.2 Å². The molecule has 21 heavy (non-hydrogen) atoms. The van der Waals surface area contributed by atoms with Gasteiger partial charge in [-0.05, 0) is 30.9 Å². The smallest absolute Gasteiger partial charge is 0.338 e. The summed E-state index contributed by atoms with van der Waals surface area (Å²) in [5.41, 5.74) is 0.493. The first-order chi connectivity index (χ1) is 10.3. The fourth-order valence-corrected chi connectivity index (χ4v) is 2.60. The van der Waals surface area contributed by atoms with Gasteiger partial charge in [-0.25, -0.2) is 4.79 Å². The van der Waals surface area contributed by atoms with Gasteiger partial charge < -0.3 is 14.6 Å². The predicted octanol–water partition coefficient (Wildman–Crippen LogP) is 2.80. The van der Waals surface area contributed by atoms with E-state index in [1.807, 2.05) is 6.07 Å². The minimum atomic E-state index is -0.763. The number of hydrogen-bond acceptors (Lipinski definition) is 4. The number of carbonyl (C=O) groups excluding carboxylic acids is 1. The molecule has 0 aliphatic heterocycles. The number of hydrogen-bond donors (Lipinski definition) is 1. The minimum absolute atomic E-state index is 0.0294. The lowest BCUT2D eigenvalue weighted by Crippen LogP contribution is -2.25. The van der Waals surface area contributed by atoms with E-state index in [1.54, 1.807) is 24.3 Å². The Morgan fingerprint density at radius 1 is 1.14 bits per heavy atom. The lowest BCUT2D eigenvalue weighted by Gasteiger charge is -2.22. The molecule has 1 aliphatic rings. The second kappa shape index (κ2) is 8.80. The van der Waals surface area contributed by atoms with E-state index in [1.165, 1.54) is 32.1 Å². The number of benzene rings is 1. The Kier molecular flexibility index (Phi) is 6.70. The zero-order valence-corrected chi connectivity index (χ0v) is 12.4. The maximum absolute atomic E-state index is 11.7. The molecule has 0 amide bonds. The van der Waals surface area contributed by atoms with Crippen LogP contribution in [-0.4, -0.2) is 37.0 Å². The first kappa shape index (κ1) is 16.0. The van der Waals surface area contributed by atoms with Gasteiger partial charge in [0, 0.05) is 6.61 Å². The van der Waals surface area contributed by atoms with Crippen LogP contribution in [0.5, 0.6) is 0 Å².